The normalized spacial score (nSPS) is 18.6. The number of nitrogens with zero attached hydrogens (tertiary/aromatic N) is 1. The lowest BCUT2D eigenvalue weighted by molar-refractivity contribution is -0.183. The first-order chi connectivity index (χ1) is 20.0. The number of hydrogen-bond acceptors (Lipinski definition) is 6. The Labute approximate surface area is 247 Å². The van der Waals surface area contributed by atoms with E-state index in [9.17, 15) is 4.79 Å². The van der Waals surface area contributed by atoms with Crippen LogP contribution in [0.1, 0.15) is 43.2 Å². The summed E-state index contributed by atoms with van der Waals surface area (Å²) in [6, 6.07) is 23.3. The van der Waals surface area contributed by atoms with Gasteiger partial charge in [0.05, 0.1) is 20.3 Å². The highest BCUT2D eigenvalue weighted by molar-refractivity contribution is 7.99. The third kappa shape index (κ3) is 6.54. The average Bonchev–Trinajstić information content (AvgIpc) is 3.34. The maximum Gasteiger partial charge on any atom is 0.251 e. The van der Waals surface area contributed by atoms with E-state index in [1.807, 2.05) is 24.3 Å². The fourth-order valence-corrected chi connectivity index (χ4v) is 7.05. The topological polar surface area (TPSA) is 60.0 Å². The highest BCUT2D eigenvalue weighted by atomic mass is 32.2. The molecule has 1 saturated heterocycles. The minimum atomic E-state index is -0.316. The molecule has 0 aromatic heterocycles. The molecule has 2 fully saturated rings. The second-order valence-corrected chi connectivity index (χ2v) is 12.3. The molecular weight excluding hydrogens is 532 g/mol. The van der Waals surface area contributed by atoms with Crippen LogP contribution in [0.2, 0.25) is 0 Å². The Morgan fingerprint density at radius 2 is 1.71 bits per heavy atom. The number of ether oxygens (including phenoxy) is 3. The molecule has 1 spiro atoms. The summed E-state index contributed by atoms with van der Waals surface area (Å²) >= 11 is 1.80. The van der Waals surface area contributed by atoms with Gasteiger partial charge in [-0.3, -0.25) is 9.69 Å². The summed E-state index contributed by atoms with van der Waals surface area (Å²) in [4.78, 5) is 16.9. The zero-order chi connectivity index (χ0) is 28.2. The zero-order valence-electron chi connectivity index (χ0n) is 23.9. The Bertz CT molecular complexity index is 1390. The van der Waals surface area contributed by atoms with E-state index in [4.69, 9.17) is 14.2 Å². The maximum absolute atomic E-state index is 13.3. The van der Waals surface area contributed by atoms with E-state index in [1.54, 1.807) is 18.9 Å². The van der Waals surface area contributed by atoms with Gasteiger partial charge in [-0.05, 0) is 91.0 Å². The number of fused-ring (bicyclic) bond motifs is 1. The Kier molecular flexibility index (Phi) is 8.49. The molecule has 7 heteroatoms. The summed E-state index contributed by atoms with van der Waals surface area (Å²) < 4.78 is 17.1. The Balaban J connectivity index is 1.08. The van der Waals surface area contributed by atoms with Crippen LogP contribution in [-0.4, -0.2) is 55.8 Å². The molecule has 3 aromatic rings. The molecule has 0 radical (unpaired) electrons. The van der Waals surface area contributed by atoms with Crippen molar-refractivity contribution in [2.75, 3.05) is 38.4 Å². The number of amides is 1. The number of thioether (sulfide) groups is 1. The van der Waals surface area contributed by atoms with Gasteiger partial charge in [-0.1, -0.05) is 30.3 Å². The lowest BCUT2D eigenvalue weighted by Gasteiger charge is -2.39. The van der Waals surface area contributed by atoms with Gasteiger partial charge in [-0.2, -0.15) is 0 Å². The summed E-state index contributed by atoms with van der Waals surface area (Å²) in [5.74, 6) is 1.36. The summed E-state index contributed by atoms with van der Waals surface area (Å²) in [6.45, 7) is 2.32. The number of carbonyl (C=O) groups is 1. The fourth-order valence-electron chi connectivity index (χ4n) is 6.06. The quantitative estimate of drug-likeness (QED) is 0.330. The second kappa shape index (κ2) is 12.4. The minimum Gasteiger partial charge on any atom is -0.497 e. The van der Waals surface area contributed by atoms with Crippen LogP contribution in [0.5, 0.6) is 5.75 Å². The predicted molar refractivity (Wildman–Crippen MR) is 165 cm³/mol. The highest BCUT2D eigenvalue weighted by Crippen LogP contribution is 2.38. The number of rotatable bonds is 7. The van der Waals surface area contributed by atoms with Gasteiger partial charge in [0.2, 0.25) is 0 Å². The molecule has 214 valence electrons. The first kappa shape index (κ1) is 28.0. The van der Waals surface area contributed by atoms with Crippen LogP contribution >= 0.6 is 11.8 Å². The van der Waals surface area contributed by atoms with E-state index in [1.165, 1.54) is 10.5 Å². The third-order valence-electron chi connectivity index (χ3n) is 8.48. The molecule has 0 bridgehead atoms. The Morgan fingerprint density at radius 1 is 1.00 bits per heavy atom. The number of methoxy groups -OCH3 is 1. The van der Waals surface area contributed by atoms with Gasteiger partial charge in [0.1, 0.15) is 5.75 Å². The van der Waals surface area contributed by atoms with Crippen LogP contribution in [0.25, 0.3) is 17.2 Å². The van der Waals surface area contributed by atoms with Gasteiger partial charge in [-0.15, -0.1) is 11.8 Å². The number of hydrogen-bond donors (Lipinski definition) is 1. The van der Waals surface area contributed by atoms with E-state index in [0.717, 1.165) is 91.3 Å². The van der Waals surface area contributed by atoms with E-state index in [0.29, 0.717) is 6.04 Å². The lowest BCUT2D eigenvalue weighted by atomic mass is 9.89. The van der Waals surface area contributed by atoms with E-state index < -0.39 is 0 Å². The molecule has 2 heterocycles. The van der Waals surface area contributed by atoms with Gasteiger partial charge in [0, 0.05) is 47.3 Å². The van der Waals surface area contributed by atoms with Gasteiger partial charge in [-0.25, -0.2) is 0 Å². The van der Waals surface area contributed by atoms with Crippen molar-refractivity contribution >= 4 is 29.4 Å². The van der Waals surface area contributed by atoms with Gasteiger partial charge >= 0.3 is 0 Å². The van der Waals surface area contributed by atoms with Crippen LogP contribution in [0.4, 0.5) is 5.69 Å². The smallest absolute Gasteiger partial charge is 0.251 e. The maximum atomic E-state index is 13.3. The van der Waals surface area contributed by atoms with Crippen LogP contribution in [0.3, 0.4) is 0 Å². The van der Waals surface area contributed by atoms with Crippen molar-refractivity contribution < 1.29 is 19.0 Å². The molecule has 1 N–H and O–H groups in total. The van der Waals surface area contributed by atoms with Crippen LogP contribution in [0, 0.1) is 0 Å². The molecule has 1 aliphatic carbocycles. The summed E-state index contributed by atoms with van der Waals surface area (Å²) in [5, 5.41) is 3.13. The largest absolute Gasteiger partial charge is 0.497 e. The predicted octanol–water partition coefficient (Wildman–Crippen LogP) is 7.00. The molecule has 6 rings (SSSR count). The minimum absolute atomic E-state index is 0.0364. The van der Waals surface area contributed by atoms with Crippen LogP contribution < -0.4 is 10.1 Å². The van der Waals surface area contributed by atoms with Crippen molar-refractivity contribution in [1.29, 1.82) is 0 Å². The van der Waals surface area contributed by atoms with E-state index in [-0.39, 0.29) is 11.7 Å². The van der Waals surface area contributed by atoms with Crippen molar-refractivity contribution in [3.05, 3.63) is 83.4 Å². The molecule has 2 aliphatic heterocycles. The SMILES string of the molecule is COc1ccc(-c2ccc3c(c2)C=C(C(=O)Nc2ccc(CN(C)C4CCC5(CC4)OCCO5)cc2)CCS3)cc1. The lowest BCUT2D eigenvalue weighted by Crippen LogP contribution is -2.42. The van der Waals surface area contributed by atoms with Crippen molar-refractivity contribution in [1.82, 2.24) is 4.90 Å². The van der Waals surface area contributed by atoms with Crippen molar-refractivity contribution in [2.24, 2.45) is 0 Å². The molecular formula is C34H38N2O4S. The number of benzene rings is 3. The van der Waals surface area contributed by atoms with E-state index >= 15 is 0 Å². The summed E-state index contributed by atoms with van der Waals surface area (Å²) in [6.07, 6.45) is 6.89. The molecule has 3 aliphatic rings. The molecule has 6 nitrogen and oxygen atoms in total. The number of nitrogens with one attached hydrogen (secondary N) is 1. The van der Waals surface area contributed by atoms with Crippen molar-refractivity contribution in [3.63, 3.8) is 0 Å². The first-order valence-corrected chi connectivity index (χ1v) is 15.5. The summed E-state index contributed by atoms with van der Waals surface area (Å²) in [7, 11) is 3.87. The fraction of sp³-hybridized carbons (Fsp3) is 0.382. The Hall–Kier alpha value is -3.10. The van der Waals surface area contributed by atoms with Gasteiger partial charge < -0.3 is 19.5 Å². The Morgan fingerprint density at radius 3 is 2.41 bits per heavy atom. The molecule has 3 aromatic carbocycles. The number of anilines is 1. The molecule has 0 unspecified atom stereocenters. The third-order valence-corrected chi connectivity index (χ3v) is 9.57. The second-order valence-electron chi connectivity index (χ2n) is 11.2. The van der Waals surface area contributed by atoms with Crippen LogP contribution in [-0.2, 0) is 20.8 Å². The van der Waals surface area contributed by atoms with Gasteiger partial charge in [0.15, 0.2) is 5.79 Å². The number of carbonyl (C=O) groups excluding carboxylic acids is 1. The van der Waals surface area contributed by atoms with Crippen molar-refractivity contribution in [3.8, 4) is 16.9 Å². The molecule has 1 amide bonds. The molecule has 41 heavy (non-hydrogen) atoms. The monoisotopic (exact) mass is 570 g/mol. The van der Waals surface area contributed by atoms with Crippen LogP contribution in [0.15, 0.2) is 77.2 Å². The first-order valence-electron chi connectivity index (χ1n) is 14.5. The summed E-state index contributed by atoms with van der Waals surface area (Å²) in [5.41, 5.74) is 6.20. The van der Waals surface area contributed by atoms with Crippen molar-refractivity contribution in [2.45, 2.75) is 55.4 Å². The standard InChI is InChI=1S/C34H38N2O4S/c1-36(30-13-16-34(17-14-30)39-18-19-40-34)23-24-3-8-29(9-4-24)35-33(37)27-15-20-41-32-12-7-26(21-28(32)22-27)25-5-10-31(38-2)11-6-25/h3-12,21-22,30H,13-20,23H2,1-2H3,(H,35,37). The average molecular weight is 571 g/mol. The highest BCUT2D eigenvalue weighted by Gasteiger charge is 2.41. The van der Waals surface area contributed by atoms with E-state index in [2.05, 4.69) is 65.8 Å². The molecule has 0 atom stereocenters. The van der Waals surface area contributed by atoms with Gasteiger partial charge in [0.25, 0.3) is 5.91 Å². The molecule has 1 saturated carbocycles. The zero-order valence-corrected chi connectivity index (χ0v) is 24.7.